The van der Waals surface area contributed by atoms with Gasteiger partial charge in [0, 0.05) is 6.42 Å². The Morgan fingerprint density at radius 2 is 2.11 bits per heavy atom. The molecule has 0 aromatic carbocycles. The van der Waals surface area contributed by atoms with Crippen molar-refractivity contribution in [1.29, 1.82) is 0 Å². The molecule has 1 aliphatic heterocycles. The number of carbonyl (C=O) groups excluding carboxylic acids is 2. The number of nitrogens with one attached hydrogen (secondary N) is 1. The standard InChI is InChI=1S/C14H23NO3/c1-9-6-10(8-14(2,3)7-9)18-13(17)11-4-5-12(16)15-11/h9-11H,4-8H2,1-3H3,(H,15,16)/t9-,10+,11+/m1/s1. The average Bonchev–Trinajstić information content (AvgIpc) is 2.61. The minimum atomic E-state index is -0.419. The number of esters is 1. The Hall–Kier alpha value is -1.06. The highest BCUT2D eigenvalue weighted by Crippen LogP contribution is 2.39. The molecular weight excluding hydrogens is 230 g/mol. The Morgan fingerprint density at radius 3 is 2.67 bits per heavy atom. The van der Waals surface area contributed by atoms with Crippen LogP contribution >= 0.6 is 0 Å². The van der Waals surface area contributed by atoms with Crippen molar-refractivity contribution in [3.05, 3.63) is 0 Å². The van der Waals surface area contributed by atoms with Crippen molar-refractivity contribution >= 4 is 11.9 Å². The summed E-state index contributed by atoms with van der Waals surface area (Å²) in [5.74, 6) is 0.287. The van der Waals surface area contributed by atoms with Crippen molar-refractivity contribution in [3.63, 3.8) is 0 Å². The molecule has 1 N–H and O–H groups in total. The topological polar surface area (TPSA) is 55.4 Å². The second-order valence-electron chi connectivity index (χ2n) is 6.63. The number of amides is 1. The molecule has 0 spiro atoms. The zero-order valence-corrected chi connectivity index (χ0v) is 11.5. The first-order chi connectivity index (χ1) is 8.35. The van der Waals surface area contributed by atoms with E-state index in [1.165, 1.54) is 6.42 Å². The third-order valence-electron chi connectivity index (χ3n) is 3.91. The molecule has 4 heteroatoms. The fraction of sp³-hybridized carbons (Fsp3) is 0.857. The summed E-state index contributed by atoms with van der Waals surface area (Å²) in [6, 6.07) is -0.419. The Labute approximate surface area is 108 Å². The van der Waals surface area contributed by atoms with Gasteiger partial charge in [-0.1, -0.05) is 20.8 Å². The van der Waals surface area contributed by atoms with Crippen molar-refractivity contribution in [2.24, 2.45) is 11.3 Å². The maximum atomic E-state index is 11.9. The van der Waals surface area contributed by atoms with E-state index in [9.17, 15) is 9.59 Å². The molecule has 1 aliphatic carbocycles. The molecule has 0 unspecified atom stereocenters. The highest BCUT2D eigenvalue weighted by Gasteiger charge is 2.36. The van der Waals surface area contributed by atoms with Crippen LogP contribution in [0.15, 0.2) is 0 Å². The number of hydrogen-bond acceptors (Lipinski definition) is 3. The second kappa shape index (κ2) is 4.90. The molecule has 1 saturated carbocycles. The van der Waals surface area contributed by atoms with Gasteiger partial charge >= 0.3 is 5.97 Å². The van der Waals surface area contributed by atoms with E-state index in [2.05, 4.69) is 26.1 Å². The zero-order valence-electron chi connectivity index (χ0n) is 11.5. The third kappa shape index (κ3) is 3.24. The van der Waals surface area contributed by atoms with Crippen LogP contribution in [0, 0.1) is 11.3 Å². The van der Waals surface area contributed by atoms with Gasteiger partial charge in [-0.25, -0.2) is 4.79 Å². The normalized spacial score (nSPS) is 35.1. The summed E-state index contributed by atoms with van der Waals surface area (Å²) in [6.07, 6.45) is 4.06. The SMILES string of the molecule is C[C@@H]1C[C@H](OC(=O)[C@@H]2CCC(=O)N2)CC(C)(C)C1. The summed E-state index contributed by atoms with van der Waals surface area (Å²) in [5.41, 5.74) is 0.238. The Kier molecular flexibility index (Phi) is 3.64. The largest absolute Gasteiger partial charge is 0.461 e. The van der Waals surface area contributed by atoms with Gasteiger partial charge in [-0.3, -0.25) is 4.79 Å². The first-order valence-electron chi connectivity index (χ1n) is 6.85. The molecule has 2 aliphatic rings. The molecule has 1 heterocycles. The first-order valence-corrected chi connectivity index (χ1v) is 6.85. The van der Waals surface area contributed by atoms with Crippen LogP contribution in [-0.4, -0.2) is 24.0 Å². The summed E-state index contributed by atoms with van der Waals surface area (Å²) in [7, 11) is 0. The second-order valence-corrected chi connectivity index (χ2v) is 6.63. The van der Waals surface area contributed by atoms with E-state index in [0.717, 1.165) is 12.8 Å². The minimum Gasteiger partial charge on any atom is -0.461 e. The molecule has 0 aromatic rings. The number of ether oxygens (including phenoxy) is 1. The van der Waals surface area contributed by atoms with Crippen LogP contribution in [-0.2, 0) is 14.3 Å². The van der Waals surface area contributed by atoms with Gasteiger partial charge in [0.25, 0.3) is 0 Å². The van der Waals surface area contributed by atoms with Gasteiger partial charge in [0.15, 0.2) is 0 Å². The average molecular weight is 253 g/mol. The van der Waals surface area contributed by atoms with E-state index in [1.54, 1.807) is 0 Å². The molecule has 2 fully saturated rings. The summed E-state index contributed by atoms with van der Waals surface area (Å²) in [6.45, 7) is 6.65. The maximum absolute atomic E-state index is 11.9. The van der Waals surface area contributed by atoms with Gasteiger partial charge in [0.05, 0.1) is 0 Å². The van der Waals surface area contributed by atoms with E-state index >= 15 is 0 Å². The predicted octanol–water partition coefficient (Wildman–Crippen LogP) is 2.02. The lowest BCUT2D eigenvalue weighted by atomic mass is 9.71. The maximum Gasteiger partial charge on any atom is 0.328 e. The number of rotatable bonds is 2. The van der Waals surface area contributed by atoms with Crippen molar-refractivity contribution in [3.8, 4) is 0 Å². The van der Waals surface area contributed by atoms with Crippen LogP contribution in [0.1, 0.15) is 52.9 Å². The Morgan fingerprint density at radius 1 is 1.39 bits per heavy atom. The molecule has 3 atom stereocenters. The Balaban J connectivity index is 1.89. The van der Waals surface area contributed by atoms with Gasteiger partial charge in [0.1, 0.15) is 12.1 Å². The monoisotopic (exact) mass is 253 g/mol. The van der Waals surface area contributed by atoms with Gasteiger partial charge in [-0.2, -0.15) is 0 Å². The van der Waals surface area contributed by atoms with Gasteiger partial charge < -0.3 is 10.1 Å². The van der Waals surface area contributed by atoms with Crippen LogP contribution in [0.3, 0.4) is 0 Å². The van der Waals surface area contributed by atoms with E-state index < -0.39 is 6.04 Å². The molecule has 4 nitrogen and oxygen atoms in total. The van der Waals surface area contributed by atoms with Crippen LogP contribution in [0.5, 0.6) is 0 Å². The van der Waals surface area contributed by atoms with Crippen molar-refractivity contribution in [2.75, 3.05) is 0 Å². The summed E-state index contributed by atoms with van der Waals surface area (Å²) in [5, 5.41) is 2.66. The molecule has 102 valence electrons. The fourth-order valence-electron chi connectivity index (χ4n) is 3.39. The minimum absolute atomic E-state index is 0.00810. The van der Waals surface area contributed by atoms with Crippen molar-refractivity contribution in [2.45, 2.75) is 65.0 Å². The zero-order chi connectivity index (χ0) is 13.3. The lowest BCUT2D eigenvalue weighted by Crippen LogP contribution is -2.40. The van der Waals surface area contributed by atoms with Crippen molar-refractivity contribution in [1.82, 2.24) is 5.32 Å². The van der Waals surface area contributed by atoms with Gasteiger partial charge in [-0.15, -0.1) is 0 Å². The third-order valence-corrected chi connectivity index (χ3v) is 3.91. The highest BCUT2D eigenvalue weighted by molar-refractivity contribution is 5.88. The summed E-state index contributed by atoms with van der Waals surface area (Å²) >= 11 is 0. The first kappa shape index (κ1) is 13.4. The summed E-state index contributed by atoms with van der Waals surface area (Å²) < 4.78 is 5.58. The molecule has 0 aromatic heterocycles. The molecule has 1 amide bonds. The quantitative estimate of drug-likeness (QED) is 0.766. The molecule has 1 saturated heterocycles. The van der Waals surface area contributed by atoms with Gasteiger partial charge in [0.2, 0.25) is 5.91 Å². The van der Waals surface area contributed by atoms with Crippen molar-refractivity contribution < 1.29 is 14.3 Å². The van der Waals surface area contributed by atoms with E-state index in [0.29, 0.717) is 18.8 Å². The van der Waals surface area contributed by atoms with Crippen LogP contribution in [0.25, 0.3) is 0 Å². The Bertz CT molecular complexity index is 351. The van der Waals surface area contributed by atoms with Gasteiger partial charge in [-0.05, 0) is 37.0 Å². The predicted molar refractivity (Wildman–Crippen MR) is 67.8 cm³/mol. The van der Waals surface area contributed by atoms with Crippen LogP contribution < -0.4 is 5.32 Å². The smallest absolute Gasteiger partial charge is 0.328 e. The summed E-state index contributed by atoms with van der Waals surface area (Å²) in [4.78, 5) is 23.0. The lowest BCUT2D eigenvalue weighted by Gasteiger charge is -2.38. The van der Waals surface area contributed by atoms with Crippen LogP contribution in [0.2, 0.25) is 0 Å². The number of carbonyl (C=O) groups is 2. The fourth-order valence-corrected chi connectivity index (χ4v) is 3.39. The van der Waals surface area contributed by atoms with E-state index in [-0.39, 0.29) is 23.4 Å². The molecule has 0 bridgehead atoms. The molecule has 2 rings (SSSR count). The molecular formula is C14H23NO3. The van der Waals surface area contributed by atoms with E-state index in [1.807, 2.05) is 0 Å². The highest BCUT2D eigenvalue weighted by atomic mass is 16.5. The lowest BCUT2D eigenvalue weighted by molar-refractivity contribution is -0.156. The van der Waals surface area contributed by atoms with E-state index in [4.69, 9.17) is 4.74 Å². The molecule has 0 radical (unpaired) electrons. The molecule has 18 heavy (non-hydrogen) atoms. The van der Waals surface area contributed by atoms with Crippen LogP contribution in [0.4, 0.5) is 0 Å². The number of hydrogen-bond donors (Lipinski definition) is 1.